The van der Waals surface area contributed by atoms with Crippen LogP contribution in [0.25, 0.3) is 27.6 Å². The van der Waals surface area contributed by atoms with Gasteiger partial charge in [0.25, 0.3) is 5.56 Å². The minimum absolute atomic E-state index is 0.125. The van der Waals surface area contributed by atoms with E-state index in [9.17, 15) is 9.59 Å². The molecule has 2 heterocycles. The SMILES string of the molecule is COc1ccc2c(CSc3nc4ccccc4c(=O)n3-c3cc(C)cc(C)c3)cc(=O)oc2c1. The van der Waals surface area contributed by atoms with Gasteiger partial charge >= 0.3 is 5.63 Å². The van der Waals surface area contributed by atoms with Crippen molar-refractivity contribution in [1.82, 2.24) is 9.55 Å². The number of rotatable bonds is 5. The van der Waals surface area contributed by atoms with Crippen LogP contribution in [-0.2, 0) is 5.75 Å². The van der Waals surface area contributed by atoms with E-state index in [1.165, 1.54) is 17.8 Å². The Morgan fingerprint density at radius 1 is 0.941 bits per heavy atom. The molecule has 5 rings (SSSR count). The fraction of sp³-hybridized carbons (Fsp3) is 0.148. The Bertz CT molecular complexity index is 1650. The topological polar surface area (TPSA) is 74.3 Å². The number of hydrogen-bond donors (Lipinski definition) is 0. The van der Waals surface area contributed by atoms with Crippen molar-refractivity contribution in [3.63, 3.8) is 0 Å². The third-order valence-electron chi connectivity index (χ3n) is 5.60. The van der Waals surface area contributed by atoms with Crippen molar-refractivity contribution in [3.8, 4) is 11.4 Å². The first kappa shape index (κ1) is 22.0. The Balaban J connectivity index is 1.65. The summed E-state index contributed by atoms with van der Waals surface area (Å²) in [5, 5.41) is 1.93. The second-order valence-electron chi connectivity index (χ2n) is 8.14. The van der Waals surface area contributed by atoms with E-state index in [0.29, 0.717) is 33.1 Å². The normalized spacial score (nSPS) is 11.3. The molecule has 0 amide bonds. The van der Waals surface area contributed by atoms with E-state index in [1.807, 2.05) is 56.3 Å². The highest BCUT2D eigenvalue weighted by Gasteiger charge is 2.15. The van der Waals surface area contributed by atoms with E-state index in [4.69, 9.17) is 14.1 Å². The largest absolute Gasteiger partial charge is 0.497 e. The Kier molecular flexibility index (Phi) is 5.71. The Morgan fingerprint density at radius 3 is 2.47 bits per heavy atom. The highest BCUT2D eigenvalue weighted by molar-refractivity contribution is 7.98. The molecular weight excluding hydrogens is 448 g/mol. The van der Waals surface area contributed by atoms with Crippen LogP contribution in [-0.4, -0.2) is 16.7 Å². The molecule has 7 heteroatoms. The zero-order chi connectivity index (χ0) is 23.8. The number of nitrogens with zero attached hydrogens (tertiary/aromatic N) is 2. The van der Waals surface area contributed by atoms with Crippen LogP contribution >= 0.6 is 11.8 Å². The number of aromatic nitrogens is 2. The molecule has 170 valence electrons. The second-order valence-corrected chi connectivity index (χ2v) is 9.08. The van der Waals surface area contributed by atoms with E-state index < -0.39 is 5.63 Å². The molecule has 2 aromatic heterocycles. The van der Waals surface area contributed by atoms with Gasteiger partial charge < -0.3 is 9.15 Å². The third-order valence-corrected chi connectivity index (χ3v) is 6.59. The minimum Gasteiger partial charge on any atom is -0.497 e. The highest BCUT2D eigenvalue weighted by Crippen LogP contribution is 2.29. The summed E-state index contributed by atoms with van der Waals surface area (Å²) in [6.07, 6.45) is 0. The molecule has 0 saturated carbocycles. The van der Waals surface area contributed by atoms with Crippen LogP contribution in [0.4, 0.5) is 0 Å². The summed E-state index contributed by atoms with van der Waals surface area (Å²) in [4.78, 5) is 30.6. The number of ether oxygens (including phenoxy) is 1. The molecule has 34 heavy (non-hydrogen) atoms. The van der Waals surface area contributed by atoms with Gasteiger partial charge in [0.1, 0.15) is 11.3 Å². The molecule has 0 saturated heterocycles. The van der Waals surface area contributed by atoms with Crippen molar-refractivity contribution in [2.24, 2.45) is 0 Å². The number of para-hydroxylation sites is 1. The molecule has 0 aliphatic carbocycles. The number of methoxy groups -OCH3 is 1. The monoisotopic (exact) mass is 470 g/mol. The third kappa shape index (κ3) is 4.10. The van der Waals surface area contributed by atoms with Gasteiger partial charge in [-0.2, -0.15) is 0 Å². The van der Waals surface area contributed by atoms with Crippen molar-refractivity contribution < 1.29 is 9.15 Å². The first-order valence-corrected chi connectivity index (χ1v) is 11.8. The zero-order valence-electron chi connectivity index (χ0n) is 19.0. The van der Waals surface area contributed by atoms with Gasteiger partial charge in [0.05, 0.1) is 23.7 Å². The number of hydrogen-bond acceptors (Lipinski definition) is 6. The summed E-state index contributed by atoms with van der Waals surface area (Å²) < 4.78 is 12.3. The van der Waals surface area contributed by atoms with E-state index in [1.54, 1.807) is 23.8 Å². The number of thioether (sulfide) groups is 1. The molecule has 0 unspecified atom stereocenters. The fourth-order valence-electron chi connectivity index (χ4n) is 4.12. The minimum atomic E-state index is -0.436. The van der Waals surface area contributed by atoms with Gasteiger partial charge in [-0.25, -0.2) is 9.78 Å². The van der Waals surface area contributed by atoms with Crippen molar-refractivity contribution in [3.05, 3.63) is 104 Å². The first-order valence-electron chi connectivity index (χ1n) is 10.8. The summed E-state index contributed by atoms with van der Waals surface area (Å²) in [7, 11) is 1.57. The molecule has 0 aliphatic rings. The lowest BCUT2D eigenvalue weighted by atomic mass is 10.1. The quantitative estimate of drug-likeness (QED) is 0.194. The van der Waals surface area contributed by atoms with Gasteiger partial charge in [-0.1, -0.05) is 30.0 Å². The summed E-state index contributed by atoms with van der Waals surface area (Å²) in [5.74, 6) is 1.05. The average molecular weight is 471 g/mol. The molecule has 0 spiro atoms. The Hall–Kier alpha value is -3.84. The smallest absolute Gasteiger partial charge is 0.336 e. The predicted molar refractivity (Wildman–Crippen MR) is 135 cm³/mol. The molecule has 0 aliphatic heterocycles. The summed E-state index contributed by atoms with van der Waals surface area (Å²) in [6, 6.07) is 20.3. The van der Waals surface area contributed by atoms with Gasteiger partial charge in [-0.05, 0) is 66.9 Å². The fourth-order valence-corrected chi connectivity index (χ4v) is 5.12. The molecule has 0 bridgehead atoms. The molecule has 5 aromatic rings. The molecule has 3 aromatic carbocycles. The van der Waals surface area contributed by atoms with Crippen LogP contribution in [0.1, 0.15) is 16.7 Å². The standard InChI is InChI=1S/C27H22N2O4S/c1-16-10-17(2)12-19(11-16)29-26(31)22-6-4-5-7-23(22)28-27(29)34-15-18-13-25(30)33-24-14-20(32-3)8-9-21(18)24/h4-14H,15H2,1-3H3. The first-order chi connectivity index (χ1) is 16.4. The van der Waals surface area contributed by atoms with E-state index in [2.05, 4.69) is 6.07 Å². The van der Waals surface area contributed by atoms with Gasteiger partial charge in [-0.15, -0.1) is 0 Å². The maximum Gasteiger partial charge on any atom is 0.336 e. The van der Waals surface area contributed by atoms with Crippen molar-refractivity contribution in [2.75, 3.05) is 7.11 Å². The van der Waals surface area contributed by atoms with Crippen molar-refractivity contribution in [1.29, 1.82) is 0 Å². The summed E-state index contributed by atoms with van der Waals surface area (Å²) in [6.45, 7) is 4.01. The van der Waals surface area contributed by atoms with E-state index >= 15 is 0 Å². The van der Waals surface area contributed by atoms with Gasteiger partial charge in [-0.3, -0.25) is 9.36 Å². The van der Waals surface area contributed by atoms with Gasteiger partial charge in [0.2, 0.25) is 0 Å². The maximum atomic E-state index is 13.6. The average Bonchev–Trinajstić information content (AvgIpc) is 2.81. The Morgan fingerprint density at radius 2 is 1.71 bits per heavy atom. The lowest BCUT2D eigenvalue weighted by molar-refractivity contribution is 0.414. The van der Waals surface area contributed by atoms with E-state index in [-0.39, 0.29) is 5.56 Å². The number of fused-ring (bicyclic) bond motifs is 2. The number of aryl methyl sites for hydroxylation is 2. The molecule has 0 fully saturated rings. The van der Waals surface area contributed by atoms with Gasteiger partial charge in [0, 0.05) is 23.3 Å². The molecular formula is C27H22N2O4S. The van der Waals surface area contributed by atoms with Crippen LogP contribution in [0, 0.1) is 13.8 Å². The van der Waals surface area contributed by atoms with E-state index in [0.717, 1.165) is 27.8 Å². The zero-order valence-corrected chi connectivity index (χ0v) is 19.8. The molecule has 0 atom stereocenters. The maximum absolute atomic E-state index is 13.6. The van der Waals surface area contributed by atoms with Crippen molar-refractivity contribution >= 4 is 33.6 Å². The van der Waals surface area contributed by atoms with Crippen LogP contribution in [0.3, 0.4) is 0 Å². The number of benzene rings is 3. The second kappa shape index (κ2) is 8.83. The summed E-state index contributed by atoms with van der Waals surface area (Å²) in [5.41, 5.74) is 4.23. The van der Waals surface area contributed by atoms with Crippen LogP contribution in [0.2, 0.25) is 0 Å². The lowest BCUT2D eigenvalue weighted by Crippen LogP contribution is -2.22. The molecule has 0 radical (unpaired) electrons. The summed E-state index contributed by atoms with van der Waals surface area (Å²) >= 11 is 1.41. The van der Waals surface area contributed by atoms with Crippen LogP contribution in [0.15, 0.2) is 85.9 Å². The van der Waals surface area contributed by atoms with Crippen LogP contribution in [0.5, 0.6) is 5.75 Å². The predicted octanol–water partition coefficient (Wildman–Crippen LogP) is 5.41. The molecule has 6 nitrogen and oxygen atoms in total. The van der Waals surface area contributed by atoms with Crippen LogP contribution < -0.4 is 15.9 Å². The molecule has 0 N–H and O–H groups in total. The lowest BCUT2D eigenvalue weighted by Gasteiger charge is -2.15. The van der Waals surface area contributed by atoms with Gasteiger partial charge in [0.15, 0.2) is 5.16 Å². The highest BCUT2D eigenvalue weighted by atomic mass is 32.2. The Labute approximate surface area is 199 Å². The van der Waals surface area contributed by atoms with Crippen molar-refractivity contribution in [2.45, 2.75) is 24.8 Å².